The van der Waals surface area contributed by atoms with Crippen LogP contribution in [0.25, 0.3) is 11.4 Å². The predicted molar refractivity (Wildman–Crippen MR) is 55.6 cm³/mol. The van der Waals surface area contributed by atoms with Crippen LogP contribution in [0, 0.1) is 0 Å². The molecule has 0 saturated carbocycles. The molecule has 84 valence electrons. The number of nitrogens with zero attached hydrogens (tertiary/aromatic N) is 4. The number of rotatable bonds is 2. The first-order valence-corrected chi connectivity index (χ1v) is 5.89. The molecule has 2 aromatic rings. The van der Waals surface area contributed by atoms with Crippen LogP contribution in [0.15, 0.2) is 29.2 Å². The lowest BCUT2D eigenvalue weighted by Crippen LogP contribution is -2.14. The van der Waals surface area contributed by atoms with Gasteiger partial charge in [0, 0.05) is 12.6 Å². The van der Waals surface area contributed by atoms with Crippen molar-refractivity contribution in [3.05, 3.63) is 24.3 Å². The fraction of sp³-hybridized carbons (Fsp3) is 0.125. The molecular weight excluding hydrogens is 230 g/mol. The summed E-state index contributed by atoms with van der Waals surface area (Å²) in [4.78, 5) is 0.00731. The summed E-state index contributed by atoms with van der Waals surface area (Å²) >= 11 is 0. The van der Waals surface area contributed by atoms with Gasteiger partial charge in [0.25, 0.3) is 0 Å². The van der Waals surface area contributed by atoms with E-state index in [0.29, 0.717) is 11.4 Å². The number of hydrogen-bond acceptors (Lipinski definition) is 5. The molecule has 0 atom stereocenters. The zero-order valence-electron chi connectivity index (χ0n) is 8.40. The van der Waals surface area contributed by atoms with Gasteiger partial charge in [-0.25, -0.2) is 18.2 Å². The van der Waals surface area contributed by atoms with Gasteiger partial charge < -0.3 is 0 Å². The van der Waals surface area contributed by atoms with Gasteiger partial charge in [-0.05, 0) is 22.6 Å². The van der Waals surface area contributed by atoms with E-state index in [1.165, 1.54) is 10.7 Å². The van der Waals surface area contributed by atoms with Crippen molar-refractivity contribution in [1.29, 1.82) is 0 Å². The fourth-order valence-corrected chi connectivity index (χ4v) is 2.09. The van der Waals surface area contributed by atoms with Gasteiger partial charge in [0.15, 0.2) is 5.82 Å². The molecule has 1 heterocycles. The van der Waals surface area contributed by atoms with Crippen molar-refractivity contribution < 1.29 is 8.42 Å². The van der Waals surface area contributed by atoms with Crippen molar-refractivity contribution in [3.63, 3.8) is 0 Å². The molecular formula is C8H9N5O2S. The first-order valence-electron chi connectivity index (χ1n) is 4.34. The Morgan fingerprint density at radius 1 is 1.31 bits per heavy atom. The largest absolute Gasteiger partial charge is 0.238 e. The normalized spacial score (nSPS) is 11.6. The second-order valence-electron chi connectivity index (χ2n) is 3.17. The molecule has 0 aliphatic carbocycles. The highest BCUT2D eigenvalue weighted by Gasteiger charge is 2.17. The highest BCUT2D eigenvalue weighted by molar-refractivity contribution is 7.89. The molecule has 1 aromatic heterocycles. The molecule has 0 bridgehead atoms. The summed E-state index contributed by atoms with van der Waals surface area (Å²) in [6.45, 7) is 0. The summed E-state index contributed by atoms with van der Waals surface area (Å²) in [5.74, 6) is 0.352. The highest BCUT2D eigenvalue weighted by atomic mass is 32.2. The molecule has 2 rings (SSSR count). The van der Waals surface area contributed by atoms with E-state index in [9.17, 15) is 8.42 Å². The maximum atomic E-state index is 11.4. The van der Waals surface area contributed by atoms with Crippen LogP contribution >= 0.6 is 0 Å². The Morgan fingerprint density at radius 2 is 2.00 bits per heavy atom. The van der Waals surface area contributed by atoms with E-state index < -0.39 is 10.0 Å². The van der Waals surface area contributed by atoms with E-state index in [1.807, 2.05) is 0 Å². The standard InChI is InChI=1S/C8H9N5O2S/c1-13-8(10-11-12-13)6-4-2-3-5-7(6)16(9,14)15/h2-5H,1H3,(H2,9,14,15). The number of aryl methyl sites for hydroxylation is 1. The second kappa shape index (κ2) is 3.65. The topological polar surface area (TPSA) is 104 Å². The van der Waals surface area contributed by atoms with Gasteiger partial charge in [0.05, 0.1) is 4.90 Å². The minimum Gasteiger partial charge on any atom is -0.229 e. The monoisotopic (exact) mass is 239 g/mol. The van der Waals surface area contributed by atoms with Crippen molar-refractivity contribution in [2.75, 3.05) is 0 Å². The van der Waals surface area contributed by atoms with E-state index in [-0.39, 0.29) is 4.90 Å². The summed E-state index contributed by atoms with van der Waals surface area (Å²) in [5.41, 5.74) is 0.387. The minimum atomic E-state index is -3.79. The SMILES string of the molecule is Cn1nnnc1-c1ccccc1S(N)(=O)=O. The zero-order valence-corrected chi connectivity index (χ0v) is 9.22. The Kier molecular flexibility index (Phi) is 2.44. The molecule has 0 radical (unpaired) electrons. The van der Waals surface area contributed by atoms with Gasteiger partial charge in [0.1, 0.15) is 0 Å². The van der Waals surface area contributed by atoms with Crippen molar-refractivity contribution in [2.45, 2.75) is 4.90 Å². The third kappa shape index (κ3) is 1.79. The summed E-state index contributed by atoms with van der Waals surface area (Å²) in [5, 5.41) is 15.9. The molecule has 0 spiro atoms. The smallest absolute Gasteiger partial charge is 0.229 e. The quantitative estimate of drug-likeness (QED) is 0.762. The summed E-state index contributed by atoms with van der Waals surface area (Å²) in [6, 6.07) is 6.30. The summed E-state index contributed by atoms with van der Waals surface area (Å²) in [7, 11) is -2.16. The first-order chi connectivity index (χ1) is 7.50. The third-order valence-corrected chi connectivity index (χ3v) is 3.02. The van der Waals surface area contributed by atoms with Crippen molar-refractivity contribution in [2.24, 2.45) is 12.2 Å². The van der Waals surface area contributed by atoms with Gasteiger partial charge >= 0.3 is 0 Å². The highest BCUT2D eigenvalue weighted by Crippen LogP contribution is 2.23. The molecule has 7 nitrogen and oxygen atoms in total. The van der Waals surface area contributed by atoms with Crippen LogP contribution in [0.4, 0.5) is 0 Å². The number of nitrogens with two attached hydrogens (primary N) is 1. The van der Waals surface area contributed by atoms with Crippen LogP contribution in [0.5, 0.6) is 0 Å². The lowest BCUT2D eigenvalue weighted by molar-refractivity contribution is 0.598. The number of primary sulfonamides is 1. The number of aromatic nitrogens is 4. The van der Waals surface area contributed by atoms with E-state index in [1.54, 1.807) is 25.2 Å². The minimum absolute atomic E-state index is 0.00731. The van der Waals surface area contributed by atoms with Gasteiger partial charge in [-0.15, -0.1) is 5.10 Å². The van der Waals surface area contributed by atoms with Crippen LogP contribution in [-0.4, -0.2) is 28.6 Å². The average Bonchev–Trinajstić information content (AvgIpc) is 2.63. The van der Waals surface area contributed by atoms with Crippen LogP contribution in [0.1, 0.15) is 0 Å². The zero-order chi connectivity index (χ0) is 11.8. The maximum Gasteiger partial charge on any atom is 0.238 e. The van der Waals surface area contributed by atoms with E-state index in [4.69, 9.17) is 5.14 Å². The molecule has 16 heavy (non-hydrogen) atoms. The lowest BCUT2D eigenvalue weighted by Gasteiger charge is -2.04. The molecule has 0 unspecified atom stereocenters. The van der Waals surface area contributed by atoms with Crippen LogP contribution in [-0.2, 0) is 17.1 Å². The van der Waals surface area contributed by atoms with E-state index >= 15 is 0 Å². The van der Waals surface area contributed by atoms with Crippen molar-refractivity contribution >= 4 is 10.0 Å². The fourth-order valence-electron chi connectivity index (χ4n) is 1.36. The van der Waals surface area contributed by atoms with Gasteiger partial charge in [-0.2, -0.15) is 0 Å². The maximum absolute atomic E-state index is 11.4. The molecule has 0 aliphatic rings. The van der Waals surface area contributed by atoms with Gasteiger partial charge in [0.2, 0.25) is 10.0 Å². The molecule has 8 heteroatoms. The number of tetrazole rings is 1. The number of sulfonamides is 1. The van der Waals surface area contributed by atoms with Crippen molar-refractivity contribution in [3.8, 4) is 11.4 Å². The second-order valence-corrected chi connectivity index (χ2v) is 4.70. The van der Waals surface area contributed by atoms with E-state index in [2.05, 4.69) is 15.5 Å². The third-order valence-electron chi connectivity index (χ3n) is 2.05. The van der Waals surface area contributed by atoms with Crippen LogP contribution < -0.4 is 5.14 Å². The van der Waals surface area contributed by atoms with Gasteiger partial charge in [-0.1, -0.05) is 12.1 Å². The summed E-state index contributed by atoms with van der Waals surface area (Å²) < 4.78 is 24.1. The Hall–Kier alpha value is -1.80. The summed E-state index contributed by atoms with van der Waals surface area (Å²) in [6.07, 6.45) is 0. The Bertz CT molecular complexity index is 619. The Morgan fingerprint density at radius 3 is 2.56 bits per heavy atom. The lowest BCUT2D eigenvalue weighted by atomic mass is 10.2. The van der Waals surface area contributed by atoms with E-state index in [0.717, 1.165) is 0 Å². The van der Waals surface area contributed by atoms with Crippen LogP contribution in [0.2, 0.25) is 0 Å². The molecule has 0 aliphatic heterocycles. The van der Waals surface area contributed by atoms with Crippen LogP contribution in [0.3, 0.4) is 0 Å². The predicted octanol–water partition coefficient (Wildman–Crippen LogP) is -0.475. The number of benzene rings is 1. The molecule has 0 fully saturated rings. The Labute approximate surface area is 91.9 Å². The molecule has 2 N–H and O–H groups in total. The molecule has 1 aromatic carbocycles. The molecule has 0 saturated heterocycles. The first kappa shape index (κ1) is 10.7. The van der Waals surface area contributed by atoms with Crippen molar-refractivity contribution in [1.82, 2.24) is 20.2 Å². The van der Waals surface area contributed by atoms with Gasteiger partial charge in [-0.3, -0.25) is 0 Å². The molecule has 0 amide bonds. The Balaban J connectivity index is 2.72. The number of hydrogen-bond donors (Lipinski definition) is 1. The average molecular weight is 239 g/mol.